The summed E-state index contributed by atoms with van der Waals surface area (Å²) in [5.41, 5.74) is 6.73. The Labute approximate surface area is 115 Å². The highest BCUT2D eigenvalue weighted by atomic mass is 16.1. The van der Waals surface area contributed by atoms with E-state index in [2.05, 4.69) is 35.3 Å². The van der Waals surface area contributed by atoms with Gasteiger partial charge in [0.1, 0.15) is 5.69 Å². The molecule has 3 N–H and O–H groups in total. The third-order valence-corrected chi connectivity index (χ3v) is 3.78. The van der Waals surface area contributed by atoms with Crippen molar-refractivity contribution in [1.29, 1.82) is 0 Å². The molecule has 96 valence electrons. The normalized spacial score (nSPS) is 11.4. The maximum atomic E-state index is 11.3. The zero-order valence-corrected chi connectivity index (χ0v) is 10.7. The highest BCUT2D eigenvalue weighted by molar-refractivity contribution is 6.20. The molecule has 0 bridgehead atoms. The molecule has 3 heteroatoms. The van der Waals surface area contributed by atoms with Crippen molar-refractivity contribution >= 4 is 38.4 Å². The number of primary amides is 1. The summed E-state index contributed by atoms with van der Waals surface area (Å²) in [6.07, 6.45) is 0. The Hall–Kier alpha value is -2.81. The smallest absolute Gasteiger partial charge is 0.265 e. The molecule has 0 aliphatic rings. The molecule has 1 heterocycles. The molecule has 4 rings (SSSR count). The van der Waals surface area contributed by atoms with E-state index in [0.717, 1.165) is 16.3 Å². The molecule has 0 unspecified atom stereocenters. The zero-order valence-electron chi connectivity index (χ0n) is 10.7. The van der Waals surface area contributed by atoms with Crippen molar-refractivity contribution in [2.24, 2.45) is 5.73 Å². The fourth-order valence-electron chi connectivity index (χ4n) is 2.82. The Kier molecular flexibility index (Phi) is 2.12. The highest BCUT2D eigenvalue weighted by Gasteiger charge is 2.09. The molecule has 0 atom stereocenters. The fourth-order valence-corrected chi connectivity index (χ4v) is 2.82. The number of hydrogen-bond acceptors (Lipinski definition) is 1. The molecule has 0 saturated carbocycles. The standard InChI is InChI=1S/C17H12N2O/c18-17(20)15-8-6-10-5-7-13-12-4-2-1-3-11(12)9-14(13)16(10)19-15/h1-9,19H,(H2,18,20). The molecule has 0 spiro atoms. The summed E-state index contributed by atoms with van der Waals surface area (Å²) in [7, 11) is 0. The topological polar surface area (TPSA) is 58.9 Å². The van der Waals surface area contributed by atoms with Crippen molar-refractivity contribution in [1.82, 2.24) is 4.98 Å². The van der Waals surface area contributed by atoms with Crippen molar-refractivity contribution in [3.8, 4) is 0 Å². The van der Waals surface area contributed by atoms with Gasteiger partial charge in [-0.15, -0.1) is 0 Å². The lowest BCUT2D eigenvalue weighted by Crippen LogP contribution is -2.12. The summed E-state index contributed by atoms with van der Waals surface area (Å²) >= 11 is 0. The highest BCUT2D eigenvalue weighted by Crippen LogP contribution is 2.32. The van der Waals surface area contributed by atoms with Crippen LogP contribution in [0.15, 0.2) is 54.6 Å². The van der Waals surface area contributed by atoms with E-state index in [-0.39, 0.29) is 0 Å². The van der Waals surface area contributed by atoms with Crippen LogP contribution in [-0.4, -0.2) is 10.9 Å². The first-order valence-corrected chi connectivity index (χ1v) is 6.47. The molecule has 0 radical (unpaired) electrons. The summed E-state index contributed by atoms with van der Waals surface area (Å²) in [5.74, 6) is -0.444. The van der Waals surface area contributed by atoms with Gasteiger partial charge < -0.3 is 10.7 Å². The van der Waals surface area contributed by atoms with E-state index in [1.165, 1.54) is 16.2 Å². The molecule has 0 saturated heterocycles. The lowest BCUT2D eigenvalue weighted by molar-refractivity contribution is 0.0996. The van der Waals surface area contributed by atoms with E-state index in [9.17, 15) is 4.79 Å². The molecule has 3 aromatic carbocycles. The summed E-state index contributed by atoms with van der Waals surface area (Å²) in [6.45, 7) is 0. The first kappa shape index (κ1) is 11.1. The van der Waals surface area contributed by atoms with Crippen LogP contribution in [0, 0.1) is 0 Å². The van der Waals surface area contributed by atoms with Gasteiger partial charge in [-0.25, -0.2) is 0 Å². The molecule has 1 aromatic heterocycles. The van der Waals surface area contributed by atoms with Gasteiger partial charge in [0.15, 0.2) is 0 Å². The predicted molar refractivity (Wildman–Crippen MR) is 81.8 cm³/mol. The van der Waals surface area contributed by atoms with Crippen molar-refractivity contribution in [2.75, 3.05) is 0 Å². The number of aromatic amines is 1. The maximum Gasteiger partial charge on any atom is 0.265 e. The second-order valence-electron chi connectivity index (χ2n) is 4.96. The van der Waals surface area contributed by atoms with E-state index < -0.39 is 5.91 Å². The van der Waals surface area contributed by atoms with Crippen LogP contribution in [0.1, 0.15) is 10.5 Å². The molecule has 3 nitrogen and oxygen atoms in total. The molecule has 0 aliphatic heterocycles. The van der Waals surface area contributed by atoms with Crippen molar-refractivity contribution < 1.29 is 4.79 Å². The number of amides is 1. The Morgan fingerprint density at radius 1 is 0.850 bits per heavy atom. The van der Waals surface area contributed by atoms with Crippen LogP contribution in [-0.2, 0) is 0 Å². The number of carbonyl (C=O) groups excluding carboxylic acids is 1. The first-order valence-electron chi connectivity index (χ1n) is 6.47. The van der Waals surface area contributed by atoms with Gasteiger partial charge in [0.05, 0.1) is 5.52 Å². The molecule has 0 fully saturated rings. The average molecular weight is 260 g/mol. The van der Waals surface area contributed by atoms with Crippen LogP contribution >= 0.6 is 0 Å². The quantitative estimate of drug-likeness (QED) is 0.540. The molecule has 20 heavy (non-hydrogen) atoms. The third kappa shape index (κ3) is 1.43. The van der Waals surface area contributed by atoms with Crippen LogP contribution in [0.4, 0.5) is 0 Å². The minimum Gasteiger partial charge on any atom is -0.364 e. The van der Waals surface area contributed by atoms with Gasteiger partial charge in [0.2, 0.25) is 0 Å². The number of nitrogens with two attached hydrogens (primary N) is 1. The summed E-state index contributed by atoms with van der Waals surface area (Å²) in [6, 6.07) is 18.2. The second kappa shape index (κ2) is 3.84. The number of rotatable bonds is 1. The van der Waals surface area contributed by atoms with Crippen molar-refractivity contribution in [3.63, 3.8) is 0 Å². The Bertz CT molecular complexity index is 982. The minimum atomic E-state index is -0.444. The van der Waals surface area contributed by atoms with Gasteiger partial charge in [0.25, 0.3) is 5.91 Å². The second-order valence-corrected chi connectivity index (χ2v) is 4.96. The monoisotopic (exact) mass is 260 g/mol. The molecule has 0 aliphatic carbocycles. The third-order valence-electron chi connectivity index (χ3n) is 3.78. The van der Waals surface area contributed by atoms with E-state index in [1.807, 2.05) is 18.2 Å². The predicted octanol–water partition coefficient (Wildman–Crippen LogP) is 3.57. The molecular formula is C17H12N2O. The van der Waals surface area contributed by atoms with Crippen LogP contribution < -0.4 is 5.73 Å². The zero-order chi connectivity index (χ0) is 13.7. The number of pyridine rings is 1. The van der Waals surface area contributed by atoms with E-state index in [1.54, 1.807) is 6.07 Å². The van der Waals surface area contributed by atoms with Gasteiger partial charge >= 0.3 is 0 Å². The number of H-pyrrole nitrogens is 1. The lowest BCUT2D eigenvalue weighted by Gasteiger charge is -2.03. The van der Waals surface area contributed by atoms with Crippen LogP contribution in [0.25, 0.3) is 32.4 Å². The number of benzene rings is 2. The Morgan fingerprint density at radius 3 is 2.50 bits per heavy atom. The van der Waals surface area contributed by atoms with Gasteiger partial charge in [-0.1, -0.05) is 42.5 Å². The van der Waals surface area contributed by atoms with Crippen molar-refractivity contribution in [2.45, 2.75) is 0 Å². The number of aromatic nitrogens is 1. The Morgan fingerprint density at radius 2 is 1.65 bits per heavy atom. The van der Waals surface area contributed by atoms with Crippen LogP contribution in [0.3, 0.4) is 0 Å². The lowest BCUT2D eigenvalue weighted by atomic mass is 10.1. The summed E-state index contributed by atoms with van der Waals surface area (Å²) in [5, 5.41) is 5.80. The maximum absolute atomic E-state index is 11.3. The fraction of sp³-hybridized carbons (Fsp3) is 0. The minimum absolute atomic E-state index is 0.426. The SMILES string of the molecule is NC(=O)c1ccc2ccc3c4ccccc4cc3c2[nH]1. The number of carbonyl (C=O) groups is 1. The van der Waals surface area contributed by atoms with E-state index in [4.69, 9.17) is 5.73 Å². The average Bonchev–Trinajstić information content (AvgIpc) is 2.85. The molecule has 4 aromatic rings. The van der Waals surface area contributed by atoms with E-state index >= 15 is 0 Å². The number of hydrogen-bond donors (Lipinski definition) is 2. The van der Waals surface area contributed by atoms with Gasteiger partial charge in [-0.3, -0.25) is 4.79 Å². The van der Waals surface area contributed by atoms with Gasteiger partial charge in [-0.2, -0.15) is 0 Å². The Balaban J connectivity index is 2.21. The van der Waals surface area contributed by atoms with Crippen molar-refractivity contribution in [3.05, 3.63) is 60.3 Å². The molecule has 1 amide bonds. The van der Waals surface area contributed by atoms with E-state index in [0.29, 0.717) is 5.69 Å². The van der Waals surface area contributed by atoms with Gasteiger partial charge in [-0.05, 0) is 33.7 Å². The molecular weight excluding hydrogens is 248 g/mol. The van der Waals surface area contributed by atoms with Crippen LogP contribution in [0.2, 0.25) is 0 Å². The first-order chi connectivity index (χ1) is 9.74. The summed E-state index contributed by atoms with van der Waals surface area (Å²) in [4.78, 5) is 14.5. The summed E-state index contributed by atoms with van der Waals surface area (Å²) < 4.78 is 0. The number of nitrogens with one attached hydrogen (secondary N) is 1. The largest absolute Gasteiger partial charge is 0.364 e. The van der Waals surface area contributed by atoms with Crippen LogP contribution in [0.5, 0.6) is 0 Å². The number of fused-ring (bicyclic) bond motifs is 5. The van der Waals surface area contributed by atoms with Gasteiger partial charge in [0, 0.05) is 5.39 Å².